The van der Waals surface area contributed by atoms with Gasteiger partial charge >= 0.3 is 0 Å². The molecule has 1 aliphatic rings. The number of aromatic nitrogens is 1. The third-order valence-electron chi connectivity index (χ3n) is 3.49. The molecule has 17 heavy (non-hydrogen) atoms. The smallest absolute Gasteiger partial charge is 0.143 e. The van der Waals surface area contributed by atoms with Crippen molar-refractivity contribution in [1.29, 1.82) is 0 Å². The zero-order valence-corrected chi connectivity index (χ0v) is 11.9. The van der Waals surface area contributed by atoms with Gasteiger partial charge in [-0.3, -0.25) is 0 Å². The van der Waals surface area contributed by atoms with Crippen LogP contribution in [-0.4, -0.2) is 24.1 Å². The lowest BCUT2D eigenvalue weighted by molar-refractivity contribution is 0.575. The zero-order chi connectivity index (χ0) is 12.3. The fraction of sp³-hybridized carbons (Fsp3) is 0.615. The maximum atomic E-state index is 5.90. The second-order valence-electron chi connectivity index (χ2n) is 4.70. The molecule has 2 rings (SSSR count). The van der Waals surface area contributed by atoms with Crippen LogP contribution in [0.15, 0.2) is 16.7 Å². The Hall–Kier alpha value is -0.610. The Balaban J connectivity index is 2.31. The molecule has 4 heteroatoms. The standard InChI is InChI=1S/C13H20BrN3/c1-10-6-7-16-13(12(10)14)17-8-4-2-3-5-11(17)9-15/h6-7,11H,2-5,8-9,15H2,1H3. The molecule has 94 valence electrons. The summed E-state index contributed by atoms with van der Waals surface area (Å²) in [5.41, 5.74) is 7.14. The normalized spacial score (nSPS) is 21.4. The highest BCUT2D eigenvalue weighted by Crippen LogP contribution is 2.30. The van der Waals surface area contributed by atoms with E-state index in [1.165, 1.54) is 31.2 Å². The lowest BCUT2D eigenvalue weighted by Crippen LogP contribution is -2.41. The molecule has 1 aromatic heterocycles. The van der Waals surface area contributed by atoms with Crippen molar-refractivity contribution in [3.63, 3.8) is 0 Å². The van der Waals surface area contributed by atoms with Gasteiger partial charge in [0.15, 0.2) is 0 Å². The molecule has 0 radical (unpaired) electrons. The highest BCUT2D eigenvalue weighted by Gasteiger charge is 2.22. The van der Waals surface area contributed by atoms with E-state index in [0.717, 1.165) is 16.8 Å². The molecule has 2 heterocycles. The molecule has 0 bridgehead atoms. The molecule has 1 atom stereocenters. The van der Waals surface area contributed by atoms with Crippen LogP contribution in [0.4, 0.5) is 5.82 Å². The molecule has 1 saturated heterocycles. The number of hydrogen-bond donors (Lipinski definition) is 1. The van der Waals surface area contributed by atoms with Crippen LogP contribution in [0.2, 0.25) is 0 Å². The zero-order valence-electron chi connectivity index (χ0n) is 10.3. The molecule has 0 spiro atoms. The van der Waals surface area contributed by atoms with Crippen molar-refractivity contribution >= 4 is 21.7 Å². The summed E-state index contributed by atoms with van der Waals surface area (Å²) >= 11 is 3.65. The Morgan fingerprint density at radius 3 is 3.06 bits per heavy atom. The van der Waals surface area contributed by atoms with Gasteiger partial charge in [-0.15, -0.1) is 0 Å². The average molecular weight is 298 g/mol. The number of halogens is 1. The molecule has 1 aliphatic heterocycles. The van der Waals surface area contributed by atoms with Crippen molar-refractivity contribution in [1.82, 2.24) is 4.98 Å². The number of nitrogens with two attached hydrogens (primary N) is 1. The van der Waals surface area contributed by atoms with Gasteiger partial charge in [-0.05, 0) is 47.3 Å². The summed E-state index contributed by atoms with van der Waals surface area (Å²) in [5, 5.41) is 0. The Morgan fingerprint density at radius 1 is 1.47 bits per heavy atom. The number of aryl methyl sites for hydroxylation is 1. The predicted molar refractivity (Wildman–Crippen MR) is 75.3 cm³/mol. The lowest BCUT2D eigenvalue weighted by Gasteiger charge is -2.31. The minimum Gasteiger partial charge on any atom is -0.351 e. The number of nitrogens with zero attached hydrogens (tertiary/aromatic N) is 2. The highest BCUT2D eigenvalue weighted by atomic mass is 79.9. The first-order valence-electron chi connectivity index (χ1n) is 6.32. The molecule has 1 unspecified atom stereocenters. The van der Waals surface area contributed by atoms with E-state index in [0.29, 0.717) is 12.6 Å². The number of anilines is 1. The maximum Gasteiger partial charge on any atom is 0.143 e. The van der Waals surface area contributed by atoms with E-state index >= 15 is 0 Å². The average Bonchev–Trinajstić information content (AvgIpc) is 2.57. The van der Waals surface area contributed by atoms with Crippen LogP contribution in [0.5, 0.6) is 0 Å². The van der Waals surface area contributed by atoms with Gasteiger partial charge in [-0.2, -0.15) is 0 Å². The van der Waals surface area contributed by atoms with Crippen molar-refractivity contribution in [2.24, 2.45) is 5.73 Å². The molecule has 0 aromatic carbocycles. The monoisotopic (exact) mass is 297 g/mol. The van der Waals surface area contributed by atoms with Crippen molar-refractivity contribution in [3.8, 4) is 0 Å². The predicted octanol–water partition coefficient (Wildman–Crippen LogP) is 2.86. The minimum atomic E-state index is 0.433. The van der Waals surface area contributed by atoms with Crippen molar-refractivity contribution < 1.29 is 0 Å². The SMILES string of the molecule is Cc1ccnc(N2CCCCCC2CN)c1Br. The molecule has 0 amide bonds. The first-order valence-corrected chi connectivity index (χ1v) is 7.11. The fourth-order valence-corrected chi connectivity index (χ4v) is 2.89. The molecular weight excluding hydrogens is 278 g/mol. The largest absolute Gasteiger partial charge is 0.351 e. The topological polar surface area (TPSA) is 42.2 Å². The third-order valence-corrected chi connectivity index (χ3v) is 4.47. The van der Waals surface area contributed by atoms with Crippen LogP contribution in [0.3, 0.4) is 0 Å². The van der Waals surface area contributed by atoms with E-state index in [-0.39, 0.29) is 0 Å². The number of rotatable bonds is 2. The van der Waals surface area contributed by atoms with Gasteiger partial charge in [-0.25, -0.2) is 4.98 Å². The molecular formula is C13H20BrN3. The summed E-state index contributed by atoms with van der Waals surface area (Å²) in [5.74, 6) is 1.06. The molecule has 0 saturated carbocycles. The van der Waals surface area contributed by atoms with E-state index in [2.05, 4.69) is 32.7 Å². The lowest BCUT2D eigenvalue weighted by atomic mass is 10.1. The Morgan fingerprint density at radius 2 is 2.29 bits per heavy atom. The van der Waals surface area contributed by atoms with Gasteiger partial charge in [0.2, 0.25) is 0 Å². The van der Waals surface area contributed by atoms with Crippen molar-refractivity contribution in [2.45, 2.75) is 38.6 Å². The molecule has 1 fully saturated rings. The summed E-state index contributed by atoms with van der Waals surface area (Å²) < 4.78 is 1.11. The van der Waals surface area contributed by atoms with Gasteiger partial charge < -0.3 is 10.6 Å². The van der Waals surface area contributed by atoms with Crippen LogP contribution in [0.1, 0.15) is 31.2 Å². The van der Waals surface area contributed by atoms with E-state index < -0.39 is 0 Å². The van der Waals surface area contributed by atoms with E-state index in [1.807, 2.05) is 12.3 Å². The second-order valence-corrected chi connectivity index (χ2v) is 5.49. The summed E-state index contributed by atoms with van der Waals surface area (Å²) in [7, 11) is 0. The summed E-state index contributed by atoms with van der Waals surface area (Å²) in [6.45, 7) is 3.88. The van der Waals surface area contributed by atoms with Gasteiger partial charge in [-0.1, -0.05) is 12.8 Å². The molecule has 3 nitrogen and oxygen atoms in total. The first-order chi connectivity index (χ1) is 8.24. The Kier molecular flexibility index (Phi) is 4.40. The van der Waals surface area contributed by atoms with Crippen LogP contribution in [0.25, 0.3) is 0 Å². The maximum absolute atomic E-state index is 5.90. The Bertz CT molecular complexity index is 381. The highest BCUT2D eigenvalue weighted by molar-refractivity contribution is 9.10. The summed E-state index contributed by atoms with van der Waals surface area (Å²) in [4.78, 5) is 6.91. The van der Waals surface area contributed by atoms with Gasteiger partial charge in [0.05, 0.1) is 4.47 Å². The van der Waals surface area contributed by atoms with Gasteiger partial charge in [0, 0.05) is 25.3 Å². The fourth-order valence-electron chi connectivity index (χ4n) is 2.43. The second kappa shape index (κ2) is 5.83. The number of pyridine rings is 1. The Labute approximate surface area is 112 Å². The van der Waals surface area contributed by atoms with Crippen LogP contribution < -0.4 is 10.6 Å². The summed E-state index contributed by atoms with van der Waals surface area (Å²) in [6, 6.07) is 2.46. The third kappa shape index (κ3) is 2.80. The molecule has 2 N–H and O–H groups in total. The van der Waals surface area contributed by atoms with Crippen molar-refractivity contribution in [2.75, 3.05) is 18.0 Å². The molecule has 1 aromatic rings. The van der Waals surface area contributed by atoms with Crippen LogP contribution in [0, 0.1) is 6.92 Å². The van der Waals surface area contributed by atoms with Crippen LogP contribution in [-0.2, 0) is 0 Å². The minimum absolute atomic E-state index is 0.433. The summed E-state index contributed by atoms with van der Waals surface area (Å²) in [6.07, 6.45) is 6.88. The van der Waals surface area contributed by atoms with E-state index in [1.54, 1.807) is 0 Å². The van der Waals surface area contributed by atoms with Crippen molar-refractivity contribution in [3.05, 3.63) is 22.3 Å². The van der Waals surface area contributed by atoms with Crippen LogP contribution >= 0.6 is 15.9 Å². The number of hydrogen-bond acceptors (Lipinski definition) is 3. The van der Waals surface area contributed by atoms with E-state index in [9.17, 15) is 0 Å². The first kappa shape index (κ1) is 12.8. The van der Waals surface area contributed by atoms with E-state index in [4.69, 9.17) is 5.73 Å². The van der Waals surface area contributed by atoms with Gasteiger partial charge in [0.1, 0.15) is 5.82 Å². The quantitative estimate of drug-likeness (QED) is 0.913. The van der Waals surface area contributed by atoms with Gasteiger partial charge in [0.25, 0.3) is 0 Å². The molecule has 0 aliphatic carbocycles.